The zero-order chi connectivity index (χ0) is 32.7. The Morgan fingerprint density at radius 2 is 1.49 bits per heavy atom. The molecule has 2 amide bonds. The molecule has 3 aromatic carbocycles. The normalized spacial score (nSPS) is 21.3. The highest BCUT2D eigenvalue weighted by Crippen LogP contribution is 2.64. The van der Waals surface area contributed by atoms with Crippen LogP contribution in [0.1, 0.15) is 49.4 Å². The Balaban J connectivity index is 1.99. The number of imide groups is 1. The maximum atomic E-state index is 15.0. The first-order chi connectivity index (χ1) is 21.5. The number of benzene rings is 3. The van der Waals surface area contributed by atoms with Crippen molar-refractivity contribution in [3.05, 3.63) is 110 Å². The van der Waals surface area contributed by atoms with Gasteiger partial charge in [-0.15, -0.1) is 0 Å². The smallest absolute Gasteiger partial charge is 0.339 e. The SMILES string of the molecule is CCOC(=O)C1(C(=O)OCC)N[C@H](c2ccc([N+](=O)[O-])cc2[N+](=O)[O-])[C@@H](c2ccccc2)[C@]12C(=O)N(C(C)=O)c1ccccc12. The number of carbonyl (C=O) groups is 4. The Morgan fingerprint density at radius 1 is 0.889 bits per heavy atom. The van der Waals surface area contributed by atoms with Gasteiger partial charge < -0.3 is 9.47 Å². The highest BCUT2D eigenvalue weighted by atomic mass is 16.6. The Kier molecular flexibility index (Phi) is 7.93. The highest BCUT2D eigenvalue weighted by Gasteiger charge is 2.81. The van der Waals surface area contributed by atoms with Gasteiger partial charge in [0, 0.05) is 30.5 Å². The van der Waals surface area contributed by atoms with Gasteiger partial charge in [0.1, 0.15) is 5.41 Å². The molecule has 2 heterocycles. The lowest BCUT2D eigenvalue weighted by atomic mass is 9.58. The summed E-state index contributed by atoms with van der Waals surface area (Å²) >= 11 is 0. The molecule has 2 aliphatic heterocycles. The number of fused-ring (bicyclic) bond motifs is 2. The van der Waals surface area contributed by atoms with Crippen molar-refractivity contribution in [1.29, 1.82) is 0 Å². The lowest BCUT2D eigenvalue weighted by molar-refractivity contribution is -0.394. The number of rotatable bonds is 8. The van der Waals surface area contributed by atoms with E-state index in [-0.39, 0.29) is 30.0 Å². The van der Waals surface area contributed by atoms with E-state index >= 15 is 4.79 Å². The van der Waals surface area contributed by atoms with Crippen molar-refractivity contribution < 1.29 is 38.5 Å². The fourth-order valence-corrected chi connectivity index (χ4v) is 6.72. The Morgan fingerprint density at radius 3 is 2.04 bits per heavy atom. The zero-order valence-electron chi connectivity index (χ0n) is 24.4. The molecule has 0 bridgehead atoms. The van der Waals surface area contributed by atoms with Crippen LogP contribution in [-0.2, 0) is 34.1 Å². The van der Waals surface area contributed by atoms with Crippen molar-refractivity contribution in [3.63, 3.8) is 0 Å². The minimum Gasteiger partial charge on any atom is -0.464 e. The van der Waals surface area contributed by atoms with E-state index in [1.165, 1.54) is 26.0 Å². The van der Waals surface area contributed by atoms with Crippen molar-refractivity contribution in [1.82, 2.24) is 5.32 Å². The van der Waals surface area contributed by atoms with E-state index in [1.807, 2.05) is 0 Å². The van der Waals surface area contributed by atoms with Gasteiger partial charge in [0.2, 0.25) is 17.4 Å². The number of anilines is 1. The van der Waals surface area contributed by atoms with E-state index in [4.69, 9.17) is 9.47 Å². The number of nitro benzene ring substituents is 2. The van der Waals surface area contributed by atoms with Crippen molar-refractivity contribution in [3.8, 4) is 0 Å². The predicted octanol–water partition coefficient (Wildman–Crippen LogP) is 3.63. The summed E-state index contributed by atoms with van der Waals surface area (Å²) in [5.41, 5.74) is -5.81. The van der Waals surface area contributed by atoms with E-state index in [9.17, 15) is 34.6 Å². The van der Waals surface area contributed by atoms with Crippen LogP contribution in [-0.4, -0.2) is 52.4 Å². The summed E-state index contributed by atoms with van der Waals surface area (Å²) in [6.07, 6.45) is 0. The van der Waals surface area contributed by atoms with Crippen LogP contribution in [0.15, 0.2) is 72.8 Å². The van der Waals surface area contributed by atoms with Gasteiger partial charge in [-0.1, -0.05) is 48.5 Å². The second kappa shape index (κ2) is 11.5. The number of hydrogen-bond donors (Lipinski definition) is 1. The van der Waals surface area contributed by atoms with Crippen LogP contribution in [0.4, 0.5) is 17.1 Å². The van der Waals surface area contributed by atoms with Crippen LogP contribution in [0.5, 0.6) is 0 Å². The van der Waals surface area contributed by atoms with E-state index < -0.39 is 67.9 Å². The van der Waals surface area contributed by atoms with Crippen molar-refractivity contribution in [2.24, 2.45) is 0 Å². The summed E-state index contributed by atoms with van der Waals surface area (Å²) in [4.78, 5) is 80.0. The van der Waals surface area contributed by atoms with E-state index in [1.54, 1.807) is 42.5 Å². The van der Waals surface area contributed by atoms with E-state index in [0.29, 0.717) is 5.56 Å². The minimum absolute atomic E-state index is 0.106. The average Bonchev–Trinajstić information content (AvgIpc) is 3.48. The lowest BCUT2D eigenvalue weighted by Crippen LogP contribution is -2.70. The number of hydrogen-bond acceptors (Lipinski definition) is 11. The van der Waals surface area contributed by atoms with Gasteiger partial charge in [0.15, 0.2) is 0 Å². The van der Waals surface area contributed by atoms with Crippen LogP contribution in [0.25, 0.3) is 0 Å². The second-order valence-electron chi connectivity index (χ2n) is 10.4. The molecule has 14 nitrogen and oxygen atoms in total. The van der Waals surface area contributed by atoms with Gasteiger partial charge >= 0.3 is 11.9 Å². The first-order valence-corrected chi connectivity index (χ1v) is 14.0. The molecule has 1 spiro atoms. The molecule has 3 atom stereocenters. The molecule has 1 fully saturated rings. The van der Waals surface area contributed by atoms with Crippen LogP contribution >= 0.6 is 0 Å². The summed E-state index contributed by atoms with van der Waals surface area (Å²) in [6, 6.07) is 16.0. The van der Waals surface area contributed by atoms with E-state index in [0.717, 1.165) is 30.0 Å². The number of amides is 2. The van der Waals surface area contributed by atoms with Crippen molar-refractivity contribution >= 4 is 40.8 Å². The fraction of sp³-hybridized carbons (Fsp3) is 0.290. The van der Waals surface area contributed by atoms with Gasteiger partial charge in [-0.05, 0) is 37.1 Å². The second-order valence-corrected chi connectivity index (χ2v) is 10.4. The van der Waals surface area contributed by atoms with Crippen LogP contribution in [0.2, 0.25) is 0 Å². The van der Waals surface area contributed by atoms with Crippen LogP contribution in [0.3, 0.4) is 0 Å². The number of non-ortho nitro benzene ring substituents is 1. The molecule has 5 rings (SSSR count). The van der Waals surface area contributed by atoms with Crippen molar-refractivity contribution in [2.75, 3.05) is 18.1 Å². The van der Waals surface area contributed by atoms with Gasteiger partial charge in [-0.25, -0.2) is 14.5 Å². The predicted molar refractivity (Wildman–Crippen MR) is 157 cm³/mol. The topological polar surface area (TPSA) is 188 Å². The standard InChI is InChI=1S/C31H28N4O10/c1-4-44-28(38)31(29(39)45-5-2)30(22-13-9-10-14-23(22)33(18(3)36)27(30)37)25(19-11-7-6-8-12-19)26(32-31)21-16-15-20(34(40)41)17-24(21)35(42)43/h6-17,25-26,32H,4-5H2,1-3H3/t25-,26-,30-/m1/s1. The summed E-state index contributed by atoms with van der Waals surface area (Å²) in [5.74, 6) is -5.37. The molecule has 0 radical (unpaired) electrons. The Bertz CT molecular complexity index is 1730. The summed E-state index contributed by atoms with van der Waals surface area (Å²) in [5, 5.41) is 26.9. The molecule has 232 valence electrons. The molecular weight excluding hydrogens is 588 g/mol. The molecule has 0 saturated carbocycles. The molecule has 1 saturated heterocycles. The number of nitro groups is 2. The quantitative estimate of drug-likeness (QED) is 0.168. The maximum Gasteiger partial charge on any atom is 0.339 e. The minimum atomic E-state index is -2.68. The Labute approximate surface area is 256 Å². The summed E-state index contributed by atoms with van der Waals surface area (Å²) < 4.78 is 10.9. The first-order valence-electron chi connectivity index (χ1n) is 14.0. The Hall–Kier alpha value is -5.50. The average molecular weight is 617 g/mol. The fourth-order valence-electron chi connectivity index (χ4n) is 6.72. The molecule has 1 N–H and O–H groups in total. The lowest BCUT2D eigenvalue weighted by Gasteiger charge is -2.40. The number of para-hydroxylation sites is 1. The van der Waals surface area contributed by atoms with Crippen molar-refractivity contribution in [2.45, 2.75) is 43.7 Å². The molecule has 45 heavy (non-hydrogen) atoms. The third-order valence-electron chi connectivity index (χ3n) is 8.27. The van der Waals surface area contributed by atoms with Gasteiger partial charge in [0.25, 0.3) is 11.4 Å². The monoisotopic (exact) mass is 616 g/mol. The maximum absolute atomic E-state index is 15.0. The van der Waals surface area contributed by atoms with Gasteiger partial charge in [-0.3, -0.25) is 35.1 Å². The molecule has 3 aromatic rings. The summed E-state index contributed by atoms with van der Waals surface area (Å²) in [6.45, 7) is 3.71. The van der Waals surface area contributed by atoms with Gasteiger partial charge in [-0.2, -0.15) is 0 Å². The molecular formula is C31H28N4O10. The zero-order valence-corrected chi connectivity index (χ0v) is 24.4. The van der Waals surface area contributed by atoms with Crippen LogP contribution < -0.4 is 10.2 Å². The third-order valence-corrected chi connectivity index (χ3v) is 8.27. The molecule has 0 unspecified atom stereocenters. The first kappa shape index (κ1) is 30.9. The van der Waals surface area contributed by atoms with Gasteiger partial charge in [0.05, 0.1) is 34.8 Å². The molecule has 0 aliphatic carbocycles. The van der Waals surface area contributed by atoms with E-state index in [2.05, 4.69) is 5.32 Å². The van der Waals surface area contributed by atoms with Crippen LogP contribution in [0, 0.1) is 20.2 Å². The summed E-state index contributed by atoms with van der Waals surface area (Å²) in [7, 11) is 0. The number of ether oxygens (including phenoxy) is 2. The molecule has 14 heteroatoms. The molecule has 2 aliphatic rings. The largest absolute Gasteiger partial charge is 0.464 e. The number of nitrogens with zero attached hydrogens (tertiary/aromatic N) is 3. The number of nitrogens with one attached hydrogen (secondary N) is 1. The highest BCUT2D eigenvalue weighted by molar-refractivity contribution is 6.28. The third kappa shape index (κ3) is 4.36. The number of esters is 2. The molecule has 0 aromatic heterocycles. The number of carbonyl (C=O) groups excluding carboxylic acids is 4.